The van der Waals surface area contributed by atoms with Gasteiger partial charge in [0.25, 0.3) is 5.91 Å². The molecule has 0 unspecified atom stereocenters. The molecule has 1 N–H and O–H groups in total. The molecule has 0 radical (unpaired) electrons. The van der Waals surface area contributed by atoms with Gasteiger partial charge in [-0.3, -0.25) is 9.48 Å². The average Bonchev–Trinajstić information content (AvgIpc) is 2.86. The molecule has 0 fully saturated rings. The summed E-state index contributed by atoms with van der Waals surface area (Å²) < 4.78 is 1.71. The first-order chi connectivity index (χ1) is 10.5. The van der Waals surface area contributed by atoms with Crippen molar-refractivity contribution in [2.24, 2.45) is 7.05 Å². The van der Waals surface area contributed by atoms with Gasteiger partial charge in [-0.2, -0.15) is 5.10 Å². The van der Waals surface area contributed by atoms with E-state index in [1.807, 2.05) is 45.4 Å². The van der Waals surface area contributed by atoms with Crippen molar-refractivity contribution in [2.75, 3.05) is 27.2 Å². The van der Waals surface area contributed by atoms with Crippen LogP contribution in [0.4, 0.5) is 0 Å². The van der Waals surface area contributed by atoms with Crippen LogP contribution in [0.5, 0.6) is 0 Å². The first-order valence-electron chi connectivity index (χ1n) is 7.20. The molecule has 0 bridgehead atoms. The number of nitrogens with zero attached hydrogens (tertiary/aromatic N) is 3. The summed E-state index contributed by atoms with van der Waals surface area (Å²) >= 11 is 5.90. The lowest BCUT2D eigenvalue weighted by molar-refractivity contribution is 0.0946. The molecule has 0 spiro atoms. The number of aryl methyl sites for hydroxylation is 1. The molecule has 0 atom stereocenters. The molecule has 118 valence electrons. The molecular formula is C16H21ClN4O. The van der Waals surface area contributed by atoms with Gasteiger partial charge >= 0.3 is 0 Å². The number of halogens is 1. The predicted octanol–water partition coefficient (Wildman–Crippen LogP) is 2.42. The van der Waals surface area contributed by atoms with Gasteiger partial charge < -0.3 is 10.2 Å². The Morgan fingerprint density at radius 1 is 1.32 bits per heavy atom. The van der Waals surface area contributed by atoms with Crippen LogP contribution in [0.15, 0.2) is 30.3 Å². The maximum absolute atomic E-state index is 12.1. The Hall–Kier alpha value is -1.85. The van der Waals surface area contributed by atoms with Crippen molar-refractivity contribution in [1.29, 1.82) is 0 Å². The molecule has 22 heavy (non-hydrogen) atoms. The summed E-state index contributed by atoms with van der Waals surface area (Å²) in [6.07, 6.45) is 0.912. The summed E-state index contributed by atoms with van der Waals surface area (Å²) in [6, 6.07) is 9.27. The number of hydrogen-bond donors (Lipinski definition) is 1. The normalized spacial score (nSPS) is 11.0. The average molecular weight is 321 g/mol. The second-order valence-corrected chi connectivity index (χ2v) is 5.89. The van der Waals surface area contributed by atoms with E-state index >= 15 is 0 Å². The summed E-state index contributed by atoms with van der Waals surface area (Å²) in [5.74, 6) is -0.144. The van der Waals surface area contributed by atoms with Crippen molar-refractivity contribution < 1.29 is 4.79 Å². The van der Waals surface area contributed by atoms with Crippen LogP contribution in [-0.4, -0.2) is 47.8 Å². The van der Waals surface area contributed by atoms with Crippen LogP contribution in [-0.2, 0) is 7.05 Å². The van der Waals surface area contributed by atoms with Gasteiger partial charge in [-0.25, -0.2) is 0 Å². The van der Waals surface area contributed by atoms with Gasteiger partial charge in [0.1, 0.15) is 0 Å². The third kappa shape index (κ3) is 4.32. The lowest BCUT2D eigenvalue weighted by atomic mass is 10.1. The molecule has 1 heterocycles. The number of carbonyl (C=O) groups is 1. The van der Waals surface area contributed by atoms with E-state index in [2.05, 4.69) is 15.3 Å². The minimum Gasteiger partial charge on any atom is -0.351 e. The molecule has 1 aromatic carbocycles. The largest absolute Gasteiger partial charge is 0.351 e. The number of nitrogens with one attached hydrogen (secondary N) is 1. The number of benzene rings is 1. The third-order valence-corrected chi connectivity index (χ3v) is 3.57. The quantitative estimate of drug-likeness (QED) is 0.832. The Morgan fingerprint density at radius 2 is 2.00 bits per heavy atom. The maximum atomic E-state index is 12.1. The van der Waals surface area contributed by atoms with Gasteiger partial charge in [0.2, 0.25) is 0 Å². The van der Waals surface area contributed by atoms with E-state index in [-0.39, 0.29) is 5.91 Å². The van der Waals surface area contributed by atoms with E-state index in [1.54, 1.807) is 10.7 Å². The number of amides is 1. The van der Waals surface area contributed by atoms with Crippen LogP contribution in [0.3, 0.4) is 0 Å². The summed E-state index contributed by atoms with van der Waals surface area (Å²) in [5, 5.41) is 7.86. The van der Waals surface area contributed by atoms with Crippen molar-refractivity contribution in [3.8, 4) is 11.3 Å². The zero-order valence-electron chi connectivity index (χ0n) is 13.1. The number of aromatic nitrogens is 2. The van der Waals surface area contributed by atoms with E-state index in [4.69, 9.17) is 11.6 Å². The monoisotopic (exact) mass is 320 g/mol. The van der Waals surface area contributed by atoms with Crippen LogP contribution in [0.2, 0.25) is 5.02 Å². The van der Waals surface area contributed by atoms with Gasteiger partial charge in [0, 0.05) is 18.6 Å². The highest BCUT2D eigenvalue weighted by molar-refractivity contribution is 6.30. The maximum Gasteiger partial charge on any atom is 0.271 e. The van der Waals surface area contributed by atoms with Crippen molar-refractivity contribution >= 4 is 17.5 Å². The van der Waals surface area contributed by atoms with Crippen LogP contribution in [0, 0.1) is 0 Å². The van der Waals surface area contributed by atoms with Gasteiger partial charge in [-0.1, -0.05) is 23.7 Å². The van der Waals surface area contributed by atoms with Crippen molar-refractivity contribution in [3.05, 3.63) is 41.0 Å². The molecule has 1 aromatic heterocycles. The summed E-state index contributed by atoms with van der Waals surface area (Å²) in [6.45, 7) is 1.59. The van der Waals surface area contributed by atoms with Crippen LogP contribution in [0.25, 0.3) is 11.3 Å². The standard InChI is InChI=1S/C16H21ClN4O/c1-20(2)10-4-9-18-16(22)14-11-15(21(3)19-14)12-5-7-13(17)8-6-12/h5-8,11H,4,9-10H2,1-3H3,(H,18,22). The Balaban J connectivity index is 2.02. The SMILES string of the molecule is CN(C)CCCNC(=O)c1cc(-c2ccc(Cl)cc2)n(C)n1. The Kier molecular flexibility index (Phi) is 5.57. The molecule has 0 saturated heterocycles. The van der Waals surface area contributed by atoms with Crippen LogP contribution < -0.4 is 5.32 Å². The van der Waals surface area contributed by atoms with E-state index in [9.17, 15) is 4.79 Å². The fourth-order valence-corrected chi connectivity index (χ4v) is 2.28. The molecule has 0 aliphatic heterocycles. The van der Waals surface area contributed by atoms with Gasteiger partial charge in [-0.15, -0.1) is 0 Å². The lowest BCUT2D eigenvalue weighted by Gasteiger charge is -2.09. The molecule has 1 amide bonds. The van der Waals surface area contributed by atoms with E-state index in [0.29, 0.717) is 17.3 Å². The second-order valence-electron chi connectivity index (χ2n) is 5.46. The predicted molar refractivity (Wildman–Crippen MR) is 89.2 cm³/mol. The summed E-state index contributed by atoms with van der Waals surface area (Å²) in [5.41, 5.74) is 2.29. The van der Waals surface area contributed by atoms with Crippen LogP contribution >= 0.6 is 11.6 Å². The van der Waals surface area contributed by atoms with Crippen molar-refractivity contribution in [3.63, 3.8) is 0 Å². The molecule has 0 saturated carbocycles. The second kappa shape index (κ2) is 7.42. The molecule has 2 aromatic rings. The van der Waals surface area contributed by atoms with Gasteiger partial charge in [-0.05, 0) is 50.8 Å². The molecule has 0 aliphatic rings. The van der Waals surface area contributed by atoms with E-state index < -0.39 is 0 Å². The molecule has 0 aliphatic carbocycles. The van der Waals surface area contributed by atoms with E-state index in [0.717, 1.165) is 24.2 Å². The molecule has 2 rings (SSSR count). The fraction of sp³-hybridized carbons (Fsp3) is 0.375. The van der Waals surface area contributed by atoms with Gasteiger partial charge in [0.15, 0.2) is 5.69 Å². The number of carbonyl (C=O) groups excluding carboxylic acids is 1. The number of rotatable bonds is 6. The summed E-state index contributed by atoms with van der Waals surface area (Å²) in [4.78, 5) is 14.2. The fourth-order valence-electron chi connectivity index (χ4n) is 2.16. The molecular weight excluding hydrogens is 300 g/mol. The van der Waals surface area contributed by atoms with Crippen molar-refractivity contribution in [2.45, 2.75) is 6.42 Å². The summed E-state index contributed by atoms with van der Waals surface area (Å²) in [7, 11) is 5.85. The van der Waals surface area contributed by atoms with Gasteiger partial charge in [0.05, 0.1) is 5.69 Å². The minimum absolute atomic E-state index is 0.144. The minimum atomic E-state index is -0.144. The molecule has 5 nitrogen and oxygen atoms in total. The third-order valence-electron chi connectivity index (χ3n) is 3.32. The smallest absolute Gasteiger partial charge is 0.271 e. The highest BCUT2D eigenvalue weighted by atomic mass is 35.5. The molecule has 6 heteroatoms. The first-order valence-corrected chi connectivity index (χ1v) is 7.58. The number of hydrogen-bond acceptors (Lipinski definition) is 3. The topological polar surface area (TPSA) is 50.2 Å². The Bertz CT molecular complexity index is 634. The zero-order chi connectivity index (χ0) is 16.1. The van der Waals surface area contributed by atoms with Crippen molar-refractivity contribution in [1.82, 2.24) is 20.0 Å². The first kappa shape index (κ1) is 16.5. The Labute approximate surface area is 135 Å². The highest BCUT2D eigenvalue weighted by Crippen LogP contribution is 2.21. The zero-order valence-corrected chi connectivity index (χ0v) is 13.9. The Morgan fingerprint density at radius 3 is 2.64 bits per heavy atom. The van der Waals surface area contributed by atoms with E-state index in [1.165, 1.54) is 0 Å². The lowest BCUT2D eigenvalue weighted by Crippen LogP contribution is -2.27. The van der Waals surface area contributed by atoms with Crippen LogP contribution in [0.1, 0.15) is 16.9 Å². The highest BCUT2D eigenvalue weighted by Gasteiger charge is 2.13.